The monoisotopic (exact) mass is 436 g/mol. The SMILES string of the molecule is O=C(c1c(Cl)nc2sccn12)N1CCN(C(c2ccccc2)c2ccccc2)CC1. The molecule has 0 atom stereocenters. The number of hydrogen-bond donors (Lipinski definition) is 0. The van der Waals surface area contributed by atoms with E-state index in [0.717, 1.165) is 18.1 Å². The Hall–Kier alpha value is -2.67. The van der Waals surface area contributed by atoms with E-state index in [2.05, 4.69) is 58.4 Å². The van der Waals surface area contributed by atoms with Crippen LogP contribution in [-0.2, 0) is 0 Å². The second kappa shape index (κ2) is 8.22. The van der Waals surface area contributed by atoms with E-state index in [-0.39, 0.29) is 17.1 Å². The topological polar surface area (TPSA) is 40.9 Å². The van der Waals surface area contributed by atoms with Gasteiger partial charge in [0, 0.05) is 37.8 Å². The van der Waals surface area contributed by atoms with Crippen LogP contribution in [0.4, 0.5) is 0 Å². The van der Waals surface area contributed by atoms with Crippen molar-refractivity contribution in [3.8, 4) is 0 Å². The molecule has 1 fully saturated rings. The fourth-order valence-electron chi connectivity index (χ4n) is 4.17. The molecule has 0 bridgehead atoms. The van der Waals surface area contributed by atoms with Crippen molar-refractivity contribution in [2.24, 2.45) is 0 Å². The standard InChI is InChI=1S/C23H21ClN4OS/c24-21-20(28-15-16-30-23(28)25-21)22(29)27-13-11-26(12-14-27)19(17-7-3-1-4-8-17)18-9-5-2-6-10-18/h1-10,15-16,19H,11-14H2. The smallest absolute Gasteiger partial charge is 0.274 e. The average Bonchev–Trinajstić information content (AvgIpc) is 3.35. The molecule has 0 N–H and O–H groups in total. The molecule has 1 aliphatic rings. The van der Waals surface area contributed by atoms with Crippen LogP contribution >= 0.6 is 22.9 Å². The first kappa shape index (κ1) is 19.3. The van der Waals surface area contributed by atoms with Gasteiger partial charge in [0.1, 0.15) is 0 Å². The average molecular weight is 437 g/mol. The van der Waals surface area contributed by atoms with Gasteiger partial charge in [-0.15, -0.1) is 11.3 Å². The van der Waals surface area contributed by atoms with Crippen LogP contribution in [0.3, 0.4) is 0 Å². The van der Waals surface area contributed by atoms with Crippen LogP contribution in [0.15, 0.2) is 72.2 Å². The van der Waals surface area contributed by atoms with Crippen LogP contribution < -0.4 is 0 Å². The Balaban J connectivity index is 1.37. The van der Waals surface area contributed by atoms with E-state index in [4.69, 9.17) is 11.6 Å². The van der Waals surface area contributed by atoms with E-state index >= 15 is 0 Å². The molecule has 0 radical (unpaired) electrons. The van der Waals surface area contributed by atoms with Gasteiger partial charge in [0.05, 0.1) is 6.04 Å². The van der Waals surface area contributed by atoms with Crippen molar-refractivity contribution in [1.29, 1.82) is 0 Å². The van der Waals surface area contributed by atoms with Crippen LogP contribution in [0.1, 0.15) is 27.7 Å². The van der Waals surface area contributed by atoms with E-state index in [0.29, 0.717) is 18.8 Å². The number of amides is 1. The third-order valence-corrected chi connectivity index (χ3v) is 6.64. The van der Waals surface area contributed by atoms with Crippen molar-refractivity contribution in [2.75, 3.05) is 26.2 Å². The van der Waals surface area contributed by atoms with E-state index < -0.39 is 0 Å². The molecule has 0 saturated carbocycles. The highest BCUT2D eigenvalue weighted by molar-refractivity contribution is 7.15. The van der Waals surface area contributed by atoms with Gasteiger partial charge in [0.2, 0.25) is 0 Å². The van der Waals surface area contributed by atoms with Gasteiger partial charge in [-0.2, -0.15) is 0 Å². The fraction of sp³-hybridized carbons (Fsp3) is 0.217. The maximum absolute atomic E-state index is 13.2. The van der Waals surface area contributed by atoms with Crippen LogP contribution in [-0.4, -0.2) is 51.3 Å². The van der Waals surface area contributed by atoms with Gasteiger partial charge in [0.15, 0.2) is 15.8 Å². The van der Waals surface area contributed by atoms with E-state index in [9.17, 15) is 4.79 Å². The summed E-state index contributed by atoms with van der Waals surface area (Å²) in [5.74, 6) is -0.0541. The normalized spacial score (nSPS) is 15.2. The lowest BCUT2D eigenvalue weighted by atomic mass is 9.96. The Bertz CT molecular complexity index is 1110. The molecule has 2 aromatic carbocycles. The summed E-state index contributed by atoms with van der Waals surface area (Å²) in [5, 5.41) is 2.19. The Morgan fingerprint density at radius 3 is 2.13 bits per heavy atom. The summed E-state index contributed by atoms with van der Waals surface area (Å²) in [6, 6.07) is 21.3. The Morgan fingerprint density at radius 2 is 1.53 bits per heavy atom. The molecular formula is C23H21ClN4OS. The minimum absolute atomic E-state index is 0.0541. The summed E-state index contributed by atoms with van der Waals surface area (Å²) >= 11 is 7.75. The summed E-state index contributed by atoms with van der Waals surface area (Å²) in [6.07, 6.45) is 1.85. The van der Waals surface area contributed by atoms with Gasteiger partial charge < -0.3 is 4.90 Å². The molecule has 0 unspecified atom stereocenters. The zero-order valence-corrected chi connectivity index (χ0v) is 17.9. The summed E-state index contributed by atoms with van der Waals surface area (Å²) in [5.41, 5.74) is 2.99. The van der Waals surface area contributed by atoms with E-state index in [1.54, 1.807) is 4.40 Å². The molecule has 0 aliphatic carbocycles. The van der Waals surface area contributed by atoms with Gasteiger partial charge in [-0.25, -0.2) is 4.98 Å². The summed E-state index contributed by atoms with van der Waals surface area (Å²) in [6.45, 7) is 2.90. The minimum Gasteiger partial charge on any atom is -0.335 e. The molecule has 152 valence electrons. The second-order valence-corrected chi connectivity index (χ2v) is 8.59. The van der Waals surface area contributed by atoms with Crippen LogP contribution in [0.2, 0.25) is 5.15 Å². The number of thiazole rings is 1. The number of halogens is 1. The van der Waals surface area contributed by atoms with Crippen LogP contribution in [0, 0.1) is 0 Å². The number of imidazole rings is 1. The highest BCUT2D eigenvalue weighted by Crippen LogP contribution is 2.30. The van der Waals surface area contributed by atoms with E-state index in [1.165, 1.54) is 22.5 Å². The molecule has 1 amide bonds. The number of piperazine rings is 1. The van der Waals surface area contributed by atoms with Crippen molar-refractivity contribution < 1.29 is 4.79 Å². The van der Waals surface area contributed by atoms with Gasteiger partial charge in [0.25, 0.3) is 5.91 Å². The molecule has 0 spiro atoms. The number of aromatic nitrogens is 2. The van der Waals surface area contributed by atoms with Crippen molar-refractivity contribution in [1.82, 2.24) is 19.2 Å². The molecule has 5 nitrogen and oxygen atoms in total. The molecular weight excluding hydrogens is 416 g/mol. The lowest BCUT2D eigenvalue weighted by Crippen LogP contribution is -2.50. The quantitative estimate of drug-likeness (QED) is 0.469. The summed E-state index contributed by atoms with van der Waals surface area (Å²) in [4.78, 5) is 22.6. The maximum Gasteiger partial charge on any atom is 0.274 e. The lowest BCUT2D eigenvalue weighted by Gasteiger charge is -2.39. The van der Waals surface area contributed by atoms with Gasteiger partial charge in [-0.3, -0.25) is 14.1 Å². The third-order valence-electron chi connectivity index (χ3n) is 5.62. The number of rotatable bonds is 4. The van der Waals surface area contributed by atoms with Crippen molar-refractivity contribution in [3.05, 3.63) is 94.2 Å². The molecule has 4 aromatic rings. The van der Waals surface area contributed by atoms with Gasteiger partial charge in [-0.05, 0) is 11.1 Å². The van der Waals surface area contributed by atoms with Gasteiger partial charge >= 0.3 is 0 Å². The number of benzene rings is 2. The lowest BCUT2D eigenvalue weighted by molar-refractivity contribution is 0.0591. The van der Waals surface area contributed by atoms with E-state index in [1.807, 2.05) is 28.6 Å². The largest absolute Gasteiger partial charge is 0.335 e. The molecule has 7 heteroatoms. The molecule has 3 heterocycles. The molecule has 2 aromatic heterocycles. The minimum atomic E-state index is -0.0541. The first-order valence-corrected chi connectivity index (χ1v) is 11.2. The predicted octanol–water partition coefficient (Wildman–Crippen LogP) is 4.60. The maximum atomic E-state index is 13.2. The molecule has 1 saturated heterocycles. The summed E-state index contributed by atoms with van der Waals surface area (Å²) < 4.78 is 1.79. The zero-order valence-electron chi connectivity index (χ0n) is 16.3. The van der Waals surface area contributed by atoms with Crippen LogP contribution in [0.5, 0.6) is 0 Å². The fourth-order valence-corrected chi connectivity index (χ4v) is 5.18. The number of carbonyl (C=O) groups excluding carboxylic acids is 1. The Kier molecular flexibility index (Phi) is 5.29. The summed E-state index contributed by atoms with van der Waals surface area (Å²) in [7, 11) is 0. The van der Waals surface area contributed by atoms with Crippen molar-refractivity contribution in [2.45, 2.75) is 6.04 Å². The zero-order chi connectivity index (χ0) is 20.5. The number of carbonyl (C=O) groups is 1. The first-order chi connectivity index (χ1) is 14.7. The Morgan fingerprint density at radius 1 is 0.933 bits per heavy atom. The number of hydrogen-bond acceptors (Lipinski definition) is 4. The van der Waals surface area contributed by atoms with Crippen LogP contribution in [0.25, 0.3) is 4.96 Å². The second-order valence-electron chi connectivity index (χ2n) is 7.36. The predicted molar refractivity (Wildman–Crippen MR) is 120 cm³/mol. The third kappa shape index (κ3) is 3.51. The van der Waals surface area contributed by atoms with Crippen molar-refractivity contribution >= 4 is 33.8 Å². The number of nitrogens with zero attached hydrogens (tertiary/aromatic N) is 4. The highest BCUT2D eigenvalue weighted by atomic mass is 35.5. The number of fused-ring (bicyclic) bond motifs is 1. The first-order valence-electron chi connectivity index (χ1n) is 9.96. The molecule has 30 heavy (non-hydrogen) atoms. The van der Waals surface area contributed by atoms with Gasteiger partial charge in [-0.1, -0.05) is 72.3 Å². The highest BCUT2D eigenvalue weighted by Gasteiger charge is 2.30. The molecule has 5 rings (SSSR count). The Labute approximate surface area is 184 Å². The van der Waals surface area contributed by atoms with Crippen molar-refractivity contribution in [3.63, 3.8) is 0 Å². The molecule has 1 aliphatic heterocycles.